The summed E-state index contributed by atoms with van der Waals surface area (Å²) in [5.74, 6) is 1.20. The van der Waals surface area contributed by atoms with Gasteiger partial charge in [-0.1, -0.05) is 54.1 Å². The summed E-state index contributed by atoms with van der Waals surface area (Å²) in [5.41, 5.74) is 7.75. The summed E-state index contributed by atoms with van der Waals surface area (Å²) in [4.78, 5) is 12.3. The lowest BCUT2D eigenvalue weighted by atomic mass is 10.0. The molecule has 3 rings (SSSR count). The highest BCUT2D eigenvalue weighted by atomic mass is 127. The first-order valence-corrected chi connectivity index (χ1v) is 11.5. The van der Waals surface area contributed by atoms with Gasteiger partial charge in [0.2, 0.25) is 5.91 Å². The van der Waals surface area contributed by atoms with Crippen LogP contribution in [-0.2, 0) is 17.8 Å². The number of halogens is 1. The molecule has 0 fully saturated rings. The van der Waals surface area contributed by atoms with Crippen molar-refractivity contribution in [3.8, 4) is 11.5 Å². The Bertz CT molecular complexity index is 1100. The molecule has 0 bridgehead atoms. The van der Waals surface area contributed by atoms with Crippen molar-refractivity contribution in [2.24, 2.45) is 5.10 Å². The first-order valence-electron chi connectivity index (χ1n) is 10.5. The van der Waals surface area contributed by atoms with Crippen LogP contribution in [-0.4, -0.2) is 18.7 Å². The molecule has 0 radical (unpaired) electrons. The van der Waals surface area contributed by atoms with Gasteiger partial charge in [0, 0.05) is 0 Å². The number of rotatable bonds is 9. The van der Waals surface area contributed by atoms with Crippen LogP contribution >= 0.6 is 22.6 Å². The van der Waals surface area contributed by atoms with Gasteiger partial charge in [0.1, 0.15) is 6.61 Å². The first kappa shape index (κ1) is 23.8. The fraction of sp³-hybridized carbons (Fsp3) is 0.231. The summed E-state index contributed by atoms with van der Waals surface area (Å²) in [6.07, 6.45) is 1.91. The zero-order valence-electron chi connectivity index (χ0n) is 18.5. The second-order valence-electron chi connectivity index (χ2n) is 7.44. The van der Waals surface area contributed by atoms with E-state index in [0.29, 0.717) is 31.1 Å². The van der Waals surface area contributed by atoms with Crippen LogP contribution < -0.4 is 14.9 Å². The van der Waals surface area contributed by atoms with Gasteiger partial charge in [0.15, 0.2) is 11.5 Å². The minimum atomic E-state index is -0.155. The van der Waals surface area contributed by atoms with Gasteiger partial charge in [-0.25, -0.2) is 5.43 Å². The molecule has 0 heterocycles. The average molecular weight is 542 g/mol. The summed E-state index contributed by atoms with van der Waals surface area (Å²) in [7, 11) is 0. The predicted molar refractivity (Wildman–Crippen MR) is 136 cm³/mol. The number of hydrogen-bond acceptors (Lipinski definition) is 4. The summed E-state index contributed by atoms with van der Waals surface area (Å²) in [6, 6.07) is 19.9. The Balaban J connectivity index is 1.67. The Morgan fingerprint density at radius 3 is 2.59 bits per heavy atom. The van der Waals surface area contributed by atoms with Gasteiger partial charge < -0.3 is 9.47 Å². The van der Waals surface area contributed by atoms with E-state index in [1.165, 1.54) is 0 Å². The quantitative estimate of drug-likeness (QED) is 0.218. The summed E-state index contributed by atoms with van der Waals surface area (Å²) in [5, 5.41) is 4.13. The second kappa shape index (κ2) is 11.7. The van der Waals surface area contributed by atoms with Crippen LogP contribution in [0.4, 0.5) is 0 Å². The van der Waals surface area contributed by atoms with Crippen LogP contribution in [0.2, 0.25) is 0 Å². The van der Waals surface area contributed by atoms with Crippen molar-refractivity contribution < 1.29 is 14.3 Å². The number of nitrogens with zero attached hydrogens (tertiary/aromatic N) is 1. The smallest absolute Gasteiger partial charge is 0.244 e. The zero-order valence-corrected chi connectivity index (χ0v) is 20.7. The Labute approximate surface area is 203 Å². The SMILES string of the molecule is CCOc1cc(/C=N/NC(=O)Cc2cc(C)ccc2C)cc(I)c1OCc1ccccc1. The molecule has 0 aliphatic rings. The van der Waals surface area contributed by atoms with Gasteiger partial charge in [-0.3, -0.25) is 4.79 Å². The maximum Gasteiger partial charge on any atom is 0.244 e. The van der Waals surface area contributed by atoms with Crippen molar-refractivity contribution in [2.75, 3.05) is 6.61 Å². The van der Waals surface area contributed by atoms with Crippen molar-refractivity contribution in [3.05, 3.63) is 92.1 Å². The largest absolute Gasteiger partial charge is 0.490 e. The first-order chi connectivity index (χ1) is 15.5. The third-order valence-electron chi connectivity index (χ3n) is 4.82. The molecule has 3 aromatic rings. The number of ether oxygens (including phenoxy) is 2. The average Bonchev–Trinajstić information content (AvgIpc) is 2.77. The van der Waals surface area contributed by atoms with Gasteiger partial charge in [0.05, 0.1) is 22.8 Å². The highest BCUT2D eigenvalue weighted by Gasteiger charge is 2.12. The Morgan fingerprint density at radius 1 is 1.06 bits per heavy atom. The molecule has 5 nitrogen and oxygen atoms in total. The Morgan fingerprint density at radius 2 is 1.84 bits per heavy atom. The zero-order chi connectivity index (χ0) is 22.9. The molecule has 0 saturated heterocycles. The van der Waals surface area contributed by atoms with Gasteiger partial charge in [0.25, 0.3) is 0 Å². The lowest BCUT2D eigenvalue weighted by Crippen LogP contribution is -2.20. The highest BCUT2D eigenvalue weighted by Crippen LogP contribution is 2.34. The fourth-order valence-corrected chi connectivity index (χ4v) is 3.96. The van der Waals surface area contributed by atoms with E-state index < -0.39 is 0 Å². The van der Waals surface area contributed by atoms with Crippen molar-refractivity contribution in [2.45, 2.75) is 33.8 Å². The standard InChI is InChI=1S/C26H27IN2O3/c1-4-31-24-14-21(13-23(27)26(24)32-17-20-8-6-5-7-9-20)16-28-29-25(30)15-22-12-18(2)10-11-19(22)3/h5-14,16H,4,15,17H2,1-3H3,(H,29,30)/b28-16+. The number of nitrogens with one attached hydrogen (secondary N) is 1. The molecule has 1 amide bonds. The van der Waals surface area contributed by atoms with Crippen LogP contribution in [0, 0.1) is 17.4 Å². The number of benzene rings is 3. The van der Waals surface area contributed by atoms with Gasteiger partial charge in [-0.2, -0.15) is 5.10 Å². The molecule has 0 aromatic heterocycles. The minimum Gasteiger partial charge on any atom is -0.490 e. The molecule has 0 saturated carbocycles. The van der Waals surface area contributed by atoms with E-state index in [9.17, 15) is 4.79 Å². The monoisotopic (exact) mass is 542 g/mol. The number of carbonyl (C=O) groups is 1. The van der Waals surface area contributed by atoms with E-state index in [4.69, 9.17) is 9.47 Å². The van der Waals surface area contributed by atoms with Crippen LogP contribution in [0.3, 0.4) is 0 Å². The van der Waals surface area contributed by atoms with Gasteiger partial charge in [-0.15, -0.1) is 0 Å². The number of amides is 1. The summed E-state index contributed by atoms with van der Waals surface area (Å²) >= 11 is 2.23. The van der Waals surface area contributed by atoms with Gasteiger partial charge >= 0.3 is 0 Å². The van der Waals surface area contributed by atoms with E-state index in [1.807, 2.05) is 81.4 Å². The van der Waals surface area contributed by atoms with E-state index >= 15 is 0 Å². The Kier molecular flexibility index (Phi) is 8.67. The molecule has 3 aromatic carbocycles. The molecule has 32 heavy (non-hydrogen) atoms. The van der Waals surface area contributed by atoms with Crippen LogP contribution in [0.15, 0.2) is 65.8 Å². The second-order valence-corrected chi connectivity index (χ2v) is 8.60. The number of carbonyl (C=O) groups excluding carboxylic acids is 1. The predicted octanol–water partition coefficient (Wildman–Crippen LogP) is 5.58. The van der Waals surface area contributed by atoms with Crippen molar-refractivity contribution in [1.29, 1.82) is 0 Å². The lowest BCUT2D eigenvalue weighted by molar-refractivity contribution is -0.120. The van der Waals surface area contributed by atoms with E-state index in [1.54, 1.807) is 6.21 Å². The van der Waals surface area contributed by atoms with E-state index in [2.05, 4.69) is 33.1 Å². The molecular formula is C26H27IN2O3. The third-order valence-corrected chi connectivity index (χ3v) is 5.62. The highest BCUT2D eigenvalue weighted by molar-refractivity contribution is 14.1. The van der Waals surface area contributed by atoms with Crippen LogP contribution in [0.1, 0.15) is 34.7 Å². The number of hydrazone groups is 1. The molecule has 0 spiro atoms. The minimum absolute atomic E-state index is 0.155. The molecule has 0 aliphatic carbocycles. The lowest BCUT2D eigenvalue weighted by Gasteiger charge is -2.14. The van der Waals surface area contributed by atoms with E-state index in [-0.39, 0.29) is 5.91 Å². The summed E-state index contributed by atoms with van der Waals surface area (Å²) < 4.78 is 12.8. The molecule has 0 atom stereocenters. The maximum absolute atomic E-state index is 12.3. The number of aryl methyl sites for hydroxylation is 2. The van der Waals surface area contributed by atoms with Crippen LogP contribution in [0.5, 0.6) is 11.5 Å². The fourth-order valence-electron chi connectivity index (χ4n) is 3.18. The number of hydrogen-bond donors (Lipinski definition) is 1. The van der Waals surface area contributed by atoms with Crippen molar-refractivity contribution in [1.82, 2.24) is 5.43 Å². The summed E-state index contributed by atoms with van der Waals surface area (Å²) in [6.45, 7) is 6.93. The van der Waals surface area contributed by atoms with E-state index in [0.717, 1.165) is 31.4 Å². The molecular weight excluding hydrogens is 515 g/mol. The third kappa shape index (κ3) is 6.82. The molecule has 166 valence electrons. The molecule has 6 heteroatoms. The van der Waals surface area contributed by atoms with Crippen LogP contribution in [0.25, 0.3) is 0 Å². The maximum atomic E-state index is 12.3. The van der Waals surface area contributed by atoms with Gasteiger partial charge in [-0.05, 0) is 77.7 Å². The normalized spacial score (nSPS) is 10.9. The van der Waals surface area contributed by atoms with Crippen molar-refractivity contribution >= 4 is 34.7 Å². The van der Waals surface area contributed by atoms with Crippen molar-refractivity contribution in [3.63, 3.8) is 0 Å². The molecule has 0 unspecified atom stereocenters. The Hall–Kier alpha value is -2.87. The topological polar surface area (TPSA) is 59.9 Å². The molecule has 1 N–H and O–H groups in total. The molecule has 0 aliphatic heterocycles.